The zero-order valence-electron chi connectivity index (χ0n) is 19.8. The van der Waals surface area contributed by atoms with Crippen molar-refractivity contribution in [2.45, 2.75) is 59.4 Å². The lowest BCUT2D eigenvalue weighted by Gasteiger charge is -2.40. The first-order valence-electron chi connectivity index (χ1n) is 11.4. The molecule has 2 heterocycles. The molecule has 2 amide bonds. The van der Waals surface area contributed by atoms with Crippen molar-refractivity contribution in [2.75, 3.05) is 31.5 Å². The van der Waals surface area contributed by atoms with Crippen LogP contribution >= 0.6 is 12.2 Å². The average Bonchev–Trinajstić information content (AvgIpc) is 3.09. The van der Waals surface area contributed by atoms with Gasteiger partial charge in [-0.05, 0) is 87.3 Å². The van der Waals surface area contributed by atoms with Crippen molar-refractivity contribution in [1.82, 2.24) is 15.1 Å². The second kappa shape index (κ2) is 10.0. The molecule has 32 heavy (non-hydrogen) atoms. The minimum absolute atomic E-state index is 0.00880. The lowest BCUT2D eigenvalue weighted by Crippen LogP contribution is -2.49. The predicted molar refractivity (Wildman–Crippen MR) is 134 cm³/mol. The minimum atomic E-state index is -0.519. The van der Waals surface area contributed by atoms with E-state index in [2.05, 4.69) is 54.2 Å². The van der Waals surface area contributed by atoms with Gasteiger partial charge < -0.3 is 20.4 Å². The standard InChI is InChI=1S/C25H36N4O2S/c1-17(2)12-22(26-20(5)30)23(31)29-11-8-25(16-29)6-9-28(10-7-25)24(32)27-21-14-18(3)13-19(4)15-21/h13-15,22H,1,6-12,16H2,2-5H3,(H,26,30)(H,27,32). The number of thiocarbonyl (C=S) groups is 1. The third-order valence-electron chi connectivity index (χ3n) is 6.56. The lowest BCUT2D eigenvalue weighted by molar-refractivity contribution is -0.135. The van der Waals surface area contributed by atoms with E-state index in [1.807, 2.05) is 11.8 Å². The minimum Gasteiger partial charge on any atom is -0.349 e. The molecule has 0 bridgehead atoms. The molecule has 1 unspecified atom stereocenters. The molecular weight excluding hydrogens is 420 g/mol. The number of aryl methyl sites for hydroxylation is 2. The average molecular weight is 457 g/mol. The number of anilines is 1. The van der Waals surface area contributed by atoms with Gasteiger partial charge in [0.15, 0.2) is 5.11 Å². The van der Waals surface area contributed by atoms with E-state index in [1.54, 1.807) is 0 Å². The van der Waals surface area contributed by atoms with Gasteiger partial charge in [-0.2, -0.15) is 0 Å². The first-order valence-corrected chi connectivity index (χ1v) is 11.8. The zero-order valence-corrected chi connectivity index (χ0v) is 20.6. The number of nitrogens with one attached hydrogen (secondary N) is 2. The number of carbonyl (C=O) groups excluding carboxylic acids is 2. The molecule has 0 aliphatic carbocycles. The largest absolute Gasteiger partial charge is 0.349 e. The van der Waals surface area contributed by atoms with Gasteiger partial charge in [0, 0.05) is 38.8 Å². The van der Waals surface area contributed by atoms with Crippen LogP contribution in [-0.4, -0.2) is 58.9 Å². The lowest BCUT2D eigenvalue weighted by atomic mass is 9.78. The number of amides is 2. The van der Waals surface area contributed by atoms with Crippen LogP contribution in [0, 0.1) is 19.3 Å². The summed E-state index contributed by atoms with van der Waals surface area (Å²) >= 11 is 5.69. The fourth-order valence-corrected chi connectivity index (χ4v) is 5.28. The van der Waals surface area contributed by atoms with Crippen molar-refractivity contribution < 1.29 is 9.59 Å². The third-order valence-corrected chi connectivity index (χ3v) is 6.92. The molecule has 2 fully saturated rings. The Hall–Kier alpha value is -2.41. The van der Waals surface area contributed by atoms with Gasteiger partial charge in [0.1, 0.15) is 6.04 Å². The Labute approximate surface area is 197 Å². The van der Waals surface area contributed by atoms with E-state index in [1.165, 1.54) is 18.1 Å². The number of hydrogen-bond acceptors (Lipinski definition) is 3. The third kappa shape index (κ3) is 6.09. The molecule has 1 atom stereocenters. The molecule has 2 N–H and O–H groups in total. The summed E-state index contributed by atoms with van der Waals surface area (Å²) < 4.78 is 0. The molecule has 1 spiro atoms. The molecule has 2 aliphatic heterocycles. The van der Waals surface area contributed by atoms with Crippen molar-refractivity contribution in [3.8, 4) is 0 Å². The van der Waals surface area contributed by atoms with Crippen LogP contribution in [0.2, 0.25) is 0 Å². The van der Waals surface area contributed by atoms with Gasteiger partial charge in [0.25, 0.3) is 0 Å². The number of carbonyl (C=O) groups is 2. The Bertz CT molecular complexity index is 869. The van der Waals surface area contributed by atoms with Crippen molar-refractivity contribution in [1.29, 1.82) is 0 Å². The molecule has 6 nitrogen and oxygen atoms in total. The monoisotopic (exact) mass is 456 g/mol. The number of hydrogen-bond donors (Lipinski definition) is 2. The quantitative estimate of drug-likeness (QED) is 0.521. The fraction of sp³-hybridized carbons (Fsp3) is 0.560. The van der Waals surface area contributed by atoms with Crippen LogP contribution in [0.1, 0.15) is 50.7 Å². The molecule has 0 radical (unpaired) electrons. The molecule has 7 heteroatoms. The van der Waals surface area contributed by atoms with Gasteiger partial charge in [-0.1, -0.05) is 11.6 Å². The summed E-state index contributed by atoms with van der Waals surface area (Å²) in [5.74, 6) is -0.175. The number of benzene rings is 1. The van der Waals surface area contributed by atoms with Crippen LogP contribution in [-0.2, 0) is 9.59 Å². The molecule has 3 rings (SSSR count). The van der Waals surface area contributed by atoms with Crippen molar-refractivity contribution in [3.63, 3.8) is 0 Å². The summed E-state index contributed by atoms with van der Waals surface area (Å²) in [6, 6.07) is 5.86. The van der Waals surface area contributed by atoms with Crippen LogP contribution < -0.4 is 10.6 Å². The highest BCUT2D eigenvalue weighted by molar-refractivity contribution is 7.80. The molecule has 0 aromatic heterocycles. The topological polar surface area (TPSA) is 64.7 Å². The maximum absolute atomic E-state index is 13.1. The molecule has 1 aromatic rings. The van der Waals surface area contributed by atoms with E-state index in [4.69, 9.17) is 12.2 Å². The summed E-state index contributed by atoms with van der Waals surface area (Å²) in [5, 5.41) is 6.97. The number of likely N-dealkylation sites (tertiary alicyclic amines) is 2. The summed E-state index contributed by atoms with van der Waals surface area (Å²) in [4.78, 5) is 28.9. The summed E-state index contributed by atoms with van der Waals surface area (Å²) in [6.45, 7) is 14.7. The van der Waals surface area contributed by atoms with Gasteiger partial charge in [-0.3, -0.25) is 9.59 Å². The molecule has 2 saturated heterocycles. The Balaban J connectivity index is 1.56. The van der Waals surface area contributed by atoms with E-state index in [-0.39, 0.29) is 17.2 Å². The SMILES string of the molecule is C=C(C)CC(NC(C)=O)C(=O)N1CCC2(CCN(C(=S)Nc3cc(C)cc(C)c3)CC2)C1. The van der Waals surface area contributed by atoms with Crippen LogP contribution in [0.25, 0.3) is 0 Å². The Morgan fingerprint density at radius 2 is 1.62 bits per heavy atom. The summed E-state index contributed by atoms with van der Waals surface area (Å²) in [6.07, 6.45) is 3.51. The highest BCUT2D eigenvalue weighted by Gasteiger charge is 2.43. The zero-order chi connectivity index (χ0) is 23.5. The van der Waals surface area contributed by atoms with Crippen LogP contribution in [0.4, 0.5) is 5.69 Å². The van der Waals surface area contributed by atoms with Gasteiger partial charge in [0.05, 0.1) is 0 Å². The van der Waals surface area contributed by atoms with Crippen LogP contribution in [0.15, 0.2) is 30.4 Å². The highest BCUT2D eigenvalue weighted by Crippen LogP contribution is 2.40. The van der Waals surface area contributed by atoms with E-state index in [0.29, 0.717) is 6.42 Å². The van der Waals surface area contributed by atoms with E-state index in [0.717, 1.165) is 61.8 Å². The maximum Gasteiger partial charge on any atom is 0.245 e. The molecule has 1 aromatic carbocycles. The maximum atomic E-state index is 13.1. The van der Waals surface area contributed by atoms with Gasteiger partial charge in [-0.25, -0.2) is 0 Å². The molecular formula is C25H36N4O2S. The Kier molecular flexibility index (Phi) is 7.59. The number of rotatable bonds is 5. The van der Waals surface area contributed by atoms with Crippen LogP contribution in [0.5, 0.6) is 0 Å². The normalized spacial score (nSPS) is 18.4. The first-order chi connectivity index (χ1) is 15.1. The smallest absolute Gasteiger partial charge is 0.245 e. The Morgan fingerprint density at radius 1 is 1.06 bits per heavy atom. The van der Waals surface area contributed by atoms with Crippen molar-refractivity contribution >= 4 is 34.8 Å². The van der Waals surface area contributed by atoms with E-state index in [9.17, 15) is 9.59 Å². The van der Waals surface area contributed by atoms with Crippen LogP contribution in [0.3, 0.4) is 0 Å². The second-order valence-corrected chi connectivity index (χ2v) is 10.1. The number of nitrogens with zero attached hydrogens (tertiary/aromatic N) is 2. The molecule has 2 aliphatic rings. The van der Waals surface area contributed by atoms with Gasteiger partial charge >= 0.3 is 0 Å². The predicted octanol–water partition coefficient (Wildman–Crippen LogP) is 3.79. The van der Waals surface area contributed by atoms with Crippen molar-refractivity contribution in [3.05, 3.63) is 41.5 Å². The van der Waals surface area contributed by atoms with E-state index < -0.39 is 6.04 Å². The van der Waals surface area contributed by atoms with Gasteiger partial charge in [-0.15, -0.1) is 6.58 Å². The fourth-order valence-electron chi connectivity index (χ4n) is 4.98. The van der Waals surface area contributed by atoms with E-state index >= 15 is 0 Å². The summed E-state index contributed by atoms with van der Waals surface area (Å²) in [5.41, 5.74) is 4.50. The molecule has 0 saturated carbocycles. The van der Waals surface area contributed by atoms with Crippen molar-refractivity contribution in [2.24, 2.45) is 5.41 Å². The van der Waals surface area contributed by atoms with Gasteiger partial charge in [0.2, 0.25) is 11.8 Å². The first kappa shape index (κ1) is 24.2. The molecule has 174 valence electrons. The highest BCUT2D eigenvalue weighted by atomic mass is 32.1. The second-order valence-electron chi connectivity index (χ2n) is 9.72. The number of piperidine rings is 1. The summed E-state index contributed by atoms with van der Waals surface area (Å²) in [7, 11) is 0. The Morgan fingerprint density at radius 3 is 2.16 bits per heavy atom.